The number of amides is 2. The van der Waals surface area contributed by atoms with E-state index in [1.165, 1.54) is 4.90 Å². The highest BCUT2D eigenvalue weighted by Crippen LogP contribution is 2.32. The summed E-state index contributed by atoms with van der Waals surface area (Å²) in [5, 5.41) is 3.23. The zero-order chi connectivity index (χ0) is 19.0. The van der Waals surface area contributed by atoms with E-state index in [4.69, 9.17) is 0 Å². The Labute approximate surface area is 154 Å². The van der Waals surface area contributed by atoms with Gasteiger partial charge in [-0.15, -0.1) is 0 Å². The van der Waals surface area contributed by atoms with Gasteiger partial charge in [0.05, 0.1) is 5.57 Å². The average molecular weight is 348 g/mol. The molecule has 2 aromatic rings. The van der Waals surface area contributed by atoms with Crippen molar-refractivity contribution in [3.63, 3.8) is 0 Å². The Hall–Kier alpha value is -2.88. The number of rotatable bonds is 4. The van der Waals surface area contributed by atoms with Crippen molar-refractivity contribution in [3.05, 3.63) is 70.4 Å². The number of anilines is 1. The molecule has 2 amide bonds. The molecule has 0 aromatic heterocycles. The Kier molecular flexibility index (Phi) is 4.68. The topological polar surface area (TPSA) is 49.4 Å². The monoisotopic (exact) mass is 348 g/mol. The third-order valence-electron chi connectivity index (χ3n) is 4.61. The molecule has 134 valence electrons. The number of aryl methyl sites for hydroxylation is 3. The second kappa shape index (κ2) is 6.79. The second-order valence-corrected chi connectivity index (χ2v) is 7.13. The number of imide groups is 1. The molecule has 0 radical (unpaired) electrons. The number of carbonyl (C=O) groups is 2. The zero-order valence-corrected chi connectivity index (χ0v) is 15.9. The lowest BCUT2D eigenvalue weighted by Crippen LogP contribution is -2.38. The molecule has 0 saturated heterocycles. The van der Waals surface area contributed by atoms with Crippen molar-refractivity contribution in [1.82, 2.24) is 4.90 Å². The number of hydrogen-bond donors (Lipinski definition) is 1. The van der Waals surface area contributed by atoms with Gasteiger partial charge in [0.25, 0.3) is 11.8 Å². The molecule has 4 nitrogen and oxygen atoms in total. The molecule has 0 fully saturated rings. The van der Waals surface area contributed by atoms with Crippen molar-refractivity contribution in [2.45, 2.75) is 40.7 Å². The van der Waals surface area contributed by atoms with Crippen molar-refractivity contribution >= 4 is 23.1 Å². The van der Waals surface area contributed by atoms with Gasteiger partial charge in [-0.1, -0.05) is 47.5 Å². The molecule has 26 heavy (non-hydrogen) atoms. The van der Waals surface area contributed by atoms with Gasteiger partial charge in [0, 0.05) is 11.7 Å². The quantitative estimate of drug-likeness (QED) is 0.842. The number of hydrogen-bond acceptors (Lipinski definition) is 3. The summed E-state index contributed by atoms with van der Waals surface area (Å²) in [7, 11) is 0. The number of carbonyl (C=O) groups excluding carboxylic acids is 2. The average Bonchev–Trinajstić information content (AvgIpc) is 2.81. The lowest BCUT2D eigenvalue weighted by Gasteiger charge is -2.19. The van der Waals surface area contributed by atoms with Gasteiger partial charge >= 0.3 is 0 Å². The van der Waals surface area contributed by atoms with E-state index in [1.807, 2.05) is 71.0 Å². The summed E-state index contributed by atoms with van der Waals surface area (Å²) in [5.74, 6) is -0.526. The van der Waals surface area contributed by atoms with Gasteiger partial charge in [-0.05, 0) is 51.8 Å². The zero-order valence-electron chi connectivity index (χ0n) is 15.9. The van der Waals surface area contributed by atoms with Gasteiger partial charge < -0.3 is 5.32 Å². The minimum absolute atomic E-state index is 0.200. The maximum atomic E-state index is 13.0. The molecule has 0 atom stereocenters. The summed E-state index contributed by atoms with van der Waals surface area (Å²) >= 11 is 0. The molecule has 1 aliphatic rings. The minimum Gasteiger partial charge on any atom is -0.350 e. The first-order valence-corrected chi connectivity index (χ1v) is 8.83. The number of benzene rings is 2. The third-order valence-corrected chi connectivity index (χ3v) is 4.61. The van der Waals surface area contributed by atoms with Crippen molar-refractivity contribution in [3.8, 4) is 0 Å². The molecular weight excluding hydrogens is 324 g/mol. The lowest BCUT2D eigenvalue weighted by atomic mass is 10.0. The third kappa shape index (κ3) is 3.15. The Morgan fingerprint density at radius 3 is 2.04 bits per heavy atom. The highest BCUT2D eigenvalue weighted by Gasteiger charge is 2.40. The van der Waals surface area contributed by atoms with Gasteiger partial charge in [0.15, 0.2) is 0 Å². The fourth-order valence-corrected chi connectivity index (χ4v) is 3.21. The van der Waals surface area contributed by atoms with Crippen LogP contribution < -0.4 is 5.32 Å². The summed E-state index contributed by atoms with van der Waals surface area (Å²) < 4.78 is 0. The number of nitrogens with zero attached hydrogens (tertiary/aromatic N) is 1. The van der Waals surface area contributed by atoms with Crippen molar-refractivity contribution in [1.29, 1.82) is 0 Å². The van der Waals surface area contributed by atoms with E-state index in [0.29, 0.717) is 11.3 Å². The smallest absolute Gasteiger partial charge is 0.278 e. The van der Waals surface area contributed by atoms with Crippen molar-refractivity contribution < 1.29 is 9.59 Å². The maximum Gasteiger partial charge on any atom is 0.278 e. The van der Waals surface area contributed by atoms with Gasteiger partial charge in [-0.2, -0.15) is 0 Å². The molecule has 2 aromatic carbocycles. The van der Waals surface area contributed by atoms with Crippen LogP contribution in [0.25, 0.3) is 5.57 Å². The fraction of sp³-hybridized carbons (Fsp3) is 0.273. The lowest BCUT2D eigenvalue weighted by molar-refractivity contribution is -0.138. The maximum absolute atomic E-state index is 13.0. The van der Waals surface area contributed by atoms with Gasteiger partial charge in [-0.25, -0.2) is 0 Å². The Morgan fingerprint density at radius 2 is 1.46 bits per heavy atom. The van der Waals surface area contributed by atoms with Crippen LogP contribution >= 0.6 is 0 Å². The molecule has 4 heteroatoms. The first-order valence-electron chi connectivity index (χ1n) is 8.83. The highest BCUT2D eigenvalue weighted by molar-refractivity contribution is 6.36. The van der Waals surface area contributed by atoms with Crippen LogP contribution in [0.5, 0.6) is 0 Å². The summed E-state index contributed by atoms with van der Waals surface area (Å²) in [6, 6.07) is 13.5. The number of nitrogens with one attached hydrogen (secondary N) is 1. The van der Waals surface area contributed by atoms with Crippen LogP contribution in [-0.4, -0.2) is 22.8 Å². The van der Waals surface area contributed by atoms with Gasteiger partial charge in [0.1, 0.15) is 5.70 Å². The van der Waals surface area contributed by atoms with Crippen LogP contribution in [0.4, 0.5) is 5.69 Å². The molecule has 1 N–H and O–H groups in total. The van der Waals surface area contributed by atoms with Crippen molar-refractivity contribution in [2.75, 3.05) is 5.32 Å². The normalized spacial score (nSPS) is 14.6. The molecule has 0 unspecified atom stereocenters. The minimum atomic E-state index is -0.277. The van der Waals surface area contributed by atoms with E-state index in [9.17, 15) is 9.59 Å². The second-order valence-electron chi connectivity index (χ2n) is 7.13. The molecule has 0 aliphatic carbocycles. The van der Waals surface area contributed by atoms with Crippen molar-refractivity contribution in [2.24, 2.45) is 0 Å². The van der Waals surface area contributed by atoms with Crippen LogP contribution in [0, 0.1) is 20.8 Å². The fourth-order valence-electron chi connectivity index (χ4n) is 3.21. The first kappa shape index (κ1) is 17.9. The Balaban J connectivity index is 2.12. The van der Waals surface area contributed by atoms with E-state index in [2.05, 4.69) is 11.4 Å². The van der Waals surface area contributed by atoms with Crippen LogP contribution in [-0.2, 0) is 9.59 Å². The van der Waals surface area contributed by atoms with E-state index < -0.39 is 0 Å². The predicted molar refractivity (Wildman–Crippen MR) is 105 cm³/mol. The van der Waals surface area contributed by atoms with Crippen LogP contribution in [0.1, 0.15) is 36.1 Å². The Morgan fingerprint density at radius 1 is 0.846 bits per heavy atom. The first-order chi connectivity index (χ1) is 12.3. The summed E-state index contributed by atoms with van der Waals surface area (Å²) in [5.41, 5.74) is 5.66. The molecular formula is C22H24N2O2. The van der Waals surface area contributed by atoms with Gasteiger partial charge in [-0.3, -0.25) is 14.5 Å². The van der Waals surface area contributed by atoms with E-state index >= 15 is 0 Å². The van der Waals surface area contributed by atoms with E-state index in [0.717, 1.165) is 27.9 Å². The van der Waals surface area contributed by atoms with E-state index in [1.54, 1.807) is 0 Å². The molecule has 1 aliphatic heterocycles. The SMILES string of the molecule is Cc1ccc(C2=C(Nc3ccc(C)cc3C)C(=O)N(C(C)C)C2=O)cc1. The highest BCUT2D eigenvalue weighted by atomic mass is 16.2. The van der Waals surface area contributed by atoms with Crippen LogP contribution in [0.2, 0.25) is 0 Å². The standard InChI is InChI=1S/C22H24N2O2/c1-13(2)24-21(25)19(17-9-6-14(3)7-10-17)20(22(24)26)23-18-11-8-15(4)12-16(18)5/h6-13,23H,1-5H3. The molecule has 0 spiro atoms. The molecule has 1 heterocycles. The molecule has 3 rings (SSSR count). The summed E-state index contributed by atoms with van der Waals surface area (Å²) in [6.07, 6.45) is 0. The van der Waals surface area contributed by atoms with Crippen LogP contribution in [0.15, 0.2) is 48.2 Å². The largest absolute Gasteiger partial charge is 0.350 e. The summed E-state index contributed by atoms with van der Waals surface area (Å²) in [6.45, 7) is 9.71. The Bertz CT molecular complexity index is 908. The predicted octanol–water partition coefficient (Wildman–Crippen LogP) is 4.21. The summed E-state index contributed by atoms with van der Waals surface area (Å²) in [4.78, 5) is 27.3. The molecule has 0 bridgehead atoms. The van der Waals surface area contributed by atoms with Crippen LogP contribution in [0.3, 0.4) is 0 Å². The molecule has 0 saturated carbocycles. The van der Waals surface area contributed by atoms with Gasteiger partial charge in [0.2, 0.25) is 0 Å². The van der Waals surface area contributed by atoms with E-state index in [-0.39, 0.29) is 17.9 Å².